The van der Waals surface area contributed by atoms with Gasteiger partial charge in [0.05, 0.1) is 11.3 Å². The fourth-order valence-corrected chi connectivity index (χ4v) is 2.95. The van der Waals surface area contributed by atoms with Crippen molar-refractivity contribution in [1.82, 2.24) is 9.80 Å². The van der Waals surface area contributed by atoms with E-state index in [4.69, 9.17) is 20.8 Å². The number of hydrogen-bond acceptors (Lipinski definition) is 4. The number of hydrogen-bond donors (Lipinski definition) is 0. The summed E-state index contributed by atoms with van der Waals surface area (Å²) in [6.07, 6.45) is 1.56. The van der Waals surface area contributed by atoms with Crippen molar-refractivity contribution in [3.63, 3.8) is 0 Å². The molecule has 1 aliphatic heterocycles. The lowest BCUT2D eigenvalue weighted by atomic mass is 10.2. The average molecular weight is 349 g/mol. The summed E-state index contributed by atoms with van der Waals surface area (Å²) in [6.45, 7) is 6.34. The molecule has 24 heavy (non-hydrogen) atoms. The van der Waals surface area contributed by atoms with Crippen molar-refractivity contribution in [3.05, 3.63) is 52.9 Å². The zero-order valence-corrected chi connectivity index (χ0v) is 14.5. The van der Waals surface area contributed by atoms with Crippen LogP contribution in [0.4, 0.5) is 0 Å². The Hall–Kier alpha value is -1.98. The summed E-state index contributed by atoms with van der Waals surface area (Å²) in [5, 5.41) is 0.627. The fourth-order valence-electron chi connectivity index (χ4n) is 2.76. The summed E-state index contributed by atoms with van der Waals surface area (Å²) in [4.78, 5) is 16.5. The summed E-state index contributed by atoms with van der Waals surface area (Å²) >= 11 is 6.07. The van der Waals surface area contributed by atoms with Crippen molar-refractivity contribution >= 4 is 17.5 Å². The van der Waals surface area contributed by atoms with E-state index in [1.165, 1.54) is 0 Å². The van der Waals surface area contributed by atoms with Crippen LogP contribution in [0, 0.1) is 6.92 Å². The Balaban J connectivity index is 1.43. The van der Waals surface area contributed by atoms with Gasteiger partial charge in [-0.25, -0.2) is 0 Å². The predicted molar refractivity (Wildman–Crippen MR) is 92.7 cm³/mol. The lowest BCUT2D eigenvalue weighted by Crippen LogP contribution is -2.49. The number of rotatable bonds is 5. The van der Waals surface area contributed by atoms with E-state index in [9.17, 15) is 4.79 Å². The molecular formula is C18H21ClN2O3. The first kappa shape index (κ1) is 16.9. The molecule has 128 valence electrons. The lowest BCUT2D eigenvalue weighted by molar-refractivity contribution is 0.0589. The van der Waals surface area contributed by atoms with Crippen LogP contribution in [0.2, 0.25) is 5.02 Å². The minimum Gasteiger partial charge on any atom is -0.491 e. The second-order valence-corrected chi connectivity index (χ2v) is 6.25. The first-order valence-corrected chi connectivity index (χ1v) is 8.46. The van der Waals surface area contributed by atoms with Gasteiger partial charge in [-0.2, -0.15) is 0 Å². The topological polar surface area (TPSA) is 45.9 Å². The molecule has 1 aromatic carbocycles. The van der Waals surface area contributed by atoms with Crippen molar-refractivity contribution in [2.24, 2.45) is 0 Å². The Bertz CT molecular complexity index is 693. The molecule has 1 fully saturated rings. The second kappa shape index (κ2) is 7.73. The van der Waals surface area contributed by atoms with E-state index in [1.807, 2.05) is 42.2 Å². The molecule has 5 nitrogen and oxygen atoms in total. The zero-order valence-electron chi connectivity index (χ0n) is 13.7. The van der Waals surface area contributed by atoms with Gasteiger partial charge in [0.2, 0.25) is 0 Å². The number of ether oxygens (including phenoxy) is 1. The van der Waals surface area contributed by atoms with E-state index < -0.39 is 0 Å². The molecule has 6 heteroatoms. The minimum atomic E-state index is -0.0236. The van der Waals surface area contributed by atoms with Gasteiger partial charge in [0, 0.05) is 38.3 Å². The molecule has 0 aliphatic carbocycles. The number of halogens is 1. The van der Waals surface area contributed by atoms with Crippen LogP contribution >= 0.6 is 11.6 Å². The number of nitrogens with zero attached hydrogens (tertiary/aromatic N) is 2. The van der Waals surface area contributed by atoms with Crippen LogP contribution < -0.4 is 4.74 Å². The summed E-state index contributed by atoms with van der Waals surface area (Å²) in [6, 6.07) is 9.28. The van der Waals surface area contributed by atoms with Gasteiger partial charge in [-0.15, -0.1) is 0 Å². The van der Waals surface area contributed by atoms with Crippen LogP contribution in [0.3, 0.4) is 0 Å². The molecular weight excluding hydrogens is 328 g/mol. The number of furan rings is 1. The van der Waals surface area contributed by atoms with Crippen LogP contribution in [0.5, 0.6) is 5.75 Å². The van der Waals surface area contributed by atoms with E-state index in [1.54, 1.807) is 6.26 Å². The van der Waals surface area contributed by atoms with Crippen molar-refractivity contribution in [3.8, 4) is 5.75 Å². The van der Waals surface area contributed by atoms with E-state index in [0.29, 0.717) is 36.2 Å². The molecule has 0 N–H and O–H groups in total. The molecule has 1 saturated heterocycles. The minimum absolute atomic E-state index is 0.0236. The van der Waals surface area contributed by atoms with Crippen LogP contribution in [-0.2, 0) is 0 Å². The normalized spacial score (nSPS) is 15.5. The third-order valence-corrected chi connectivity index (χ3v) is 4.53. The molecule has 0 atom stereocenters. The maximum absolute atomic E-state index is 12.4. The molecule has 0 unspecified atom stereocenters. The van der Waals surface area contributed by atoms with Gasteiger partial charge in [0.25, 0.3) is 5.91 Å². The molecule has 1 aromatic heterocycles. The van der Waals surface area contributed by atoms with Gasteiger partial charge in [-0.05, 0) is 25.1 Å². The maximum Gasteiger partial charge on any atom is 0.289 e. The van der Waals surface area contributed by atoms with Crippen molar-refractivity contribution in [2.45, 2.75) is 6.92 Å². The molecule has 0 bridgehead atoms. The quantitative estimate of drug-likeness (QED) is 0.833. The van der Waals surface area contributed by atoms with Gasteiger partial charge in [-0.3, -0.25) is 9.69 Å². The predicted octanol–water partition coefficient (Wildman–Crippen LogP) is 3.08. The second-order valence-electron chi connectivity index (χ2n) is 5.85. The molecule has 1 aliphatic rings. The molecule has 0 saturated carbocycles. The number of para-hydroxylation sites is 1. The highest BCUT2D eigenvalue weighted by atomic mass is 35.5. The third-order valence-electron chi connectivity index (χ3n) is 4.22. The smallest absolute Gasteiger partial charge is 0.289 e. The lowest BCUT2D eigenvalue weighted by Gasteiger charge is -2.34. The summed E-state index contributed by atoms with van der Waals surface area (Å²) in [5.74, 6) is 1.14. The van der Waals surface area contributed by atoms with Crippen LogP contribution in [0.25, 0.3) is 0 Å². The Morgan fingerprint density at radius 2 is 1.96 bits per heavy atom. The number of aryl methyl sites for hydroxylation is 1. The maximum atomic E-state index is 12.4. The number of carbonyl (C=O) groups excluding carboxylic acids is 1. The van der Waals surface area contributed by atoms with Gasteiger partial charge < -0.3 is 14.1 Å². The highest BCUT2D eigenvalue weighted by Gasteiger charge is 2.24. The molecule has 2 heterocycles. The van der Waals surface area contributed by atoms with E-state index in [-0.39, 0.29) is 5.91 Å². The van der Waals surface area contributed by atoms with E-state index in [0.717, 1.165) is 25.2 Å². The fraction of sp³-hybridized carbons (Fsp3) is 0.389. The van der Waals surface area contributed by atoms with E-state index >= 15 is 0 Å². The Morgan fingerprint density at radius 3 is 2.62 bits per heavy atom. The largest absolute Gasteiger partial charge is 0.491 e. The molecule has 0 radical (unpaired) electrons. The Kier molecular flexibility index (Phi) is 5.43. The summed E-state index contributed by atoms with van der Waals surface area (Å²) in [5.41, 5.74) is 0.885. The average Bonchev–Trinajstić information content (AvgIpc) is 3.03. The van der Waals surface area contributed by atoms with Crippen molar-refractivity contribution in [2.75, 3.05) is 39.3 Å². The van der Waals surface area contributed by atoms with Gasteiger partial charge >= 0.3 is 0 Å². The van der Waals surface area contributed by atoms with Gasteiger partial charge in [0.1, 0.15) is 12.4 Å². The standard InChI is InChI=1S/C18H21ClN2O3/c1-14-6-12-24-17(14)18(22)21-9-7-20(8-10-21)11-13-23-16-5-3-2-4-15(16)19/h2-6,12H,7-11,13H2,1H3. The van der Waals surface area contributed by atoms with Gasteiger partial charge in [0.15, 0.2) is 5.76 Å². The molecule has 0 spiro atoms. The van der Waals surface area contributed by atoms with Crippen molar-refractivity contribution in [1.29, 1.82) is 0 Å². The summed E-state index contributed by atoms with van der Waals surface area (Å²) < 4.78 is 11.0. The third kappa shape index (κ3) is 3.91. The van der Waals surface area contributed by atoms with Gasteiger partial charge in [-0.1, -0.05) is 23.7 Å². The Labute approximate surface area is 146 Å². The number of amides is 1. The highest BCUT2D eigenvalue weighted by molar-refractivity contribution is 6.32. The molecule has 3 rings (SSSR count). The molecule has 2 aromatic rings. The first-order chi connectivity index (χ1) is 11.6. The van der Waals surface area contributed by atoms with Crippen LogP contribution in [0.1, 0.15) is 16.1 Å². The van der Waals surface area contributed by atoms with Crippen LogP contribution in [0.15, 0.2) is 41.0 Å². The number of piperazine rings is 1. The SMILES string of the molecule is Cc1ccoc1C(=O)N1CCN(CCOc2ccccc2Cl)CC1. The number of benzene rings is 1. The first-order valence-electron chi connectivity index (χ1n) is 8.08. The monoisotopic (exact) mass is 348 g/mol. The van der Waals surface area contributed by atoms with E-state index in [2.05, 4.69) is 4.90 Å². The Morgan fingerprint density at radius 1 is 1.21 bits per heavy atom. The number of carbonyl (C=O) groups is 1. The summed E-state index contributed by atoms with van der Waals surface area (Å²) in [7, 11) is 0. The zero-order chi connectivity index (χ0) is 16.9. The molecule has 1 amide bonds. The van der Waals surface area contributed by atoms with Crippen LogP contribution in [-0.4, -0.2) is 55.0 Å². The highest BCUT2D eigenvalue weighted by Crippen LogP contribution is 2.23. The van der Waals surface area contributed by atoms with Crippen molar-refractivity contribution < 1.29 is 13.9 Å².